The molecule has 0 saturated heterocycles. The summed E-state index contributed by atoms with van der Waals surface area (Å²) in [6.45, 7) is 0.0726. The van der Waals surface area contributed by atoms with Crippen LogP contribution in [-0.2, 0) is 12.8 Å². The molecule has 2 rings (SSSR count). The molecule has 1 unspecified atom stereocenters. The molecule has 0 radical (unpaired) electrons. The number of benzene rings is 2. The fraction of sp³-hybridized carbons (Fsp3) is 0.250. The second kappa shape index (κ2) is 6.31. The van der Waals surface area contributed by atoms with E-state index in [-0.39, 0.29) is 18.3 Å². The topological polar surface area (TPSA) is 20.2 Å². The number of aliphatic hydroxyl groups excluding tert-OH is 1. The lowest BCUT2D eigenvalue weighted by Crippen LogP contribution is -2.13. The maximum atomic E-state index is 13.5. The van der Waals surface area contributed by atoms with Gasteiger partial charge in [-0.3, -0.25) is 0 Å². The van der Waals surface area contributed by atoms with Crippen LogP contribution in [0.1, 0.15) is 11.1 Å². The molecular formula is C16H17FO. The van der Waals surface area contributed by atoms with Crippen LogP contribution in [0.2, 0.25) is 0 Å². The normalized spacial score (nSPS) is 12.3. The maximum Gasteiger partial charge on any atom is 0.126 e. The molecule has 1 N–H and O–H groups in total. The molecular weight excluding hydrogens is 227 g/mol. The number of rotatable bonds is 5. The molecule has 18 heavy (non-hydrogen) atoms. The van der Waals surface area contributed by atoms with Crippen molar-refractivity contribution in [1.29, 1.82) is 0 Å². The van der Waals surface area contributed by atoms with Crippen molar-refractivity contribution in [2.24, 2.45) is 5.92 Å². The number of hydrogen-bond donors (Lipinski definition) is 1. The molecule has 2 aromatic rings. The smallest absolute Gasteiger partial charge is 0.126 e. The van der Waals surface area contributed by atoms with Crippen molar-refractivity contribution in [3.8, 4) is 0 Å². The molecule has 0 amide bonds. The zero-order valence-corrected chi connectivity index (χ0v) is 10.2. The van der Waals surface area contributed by atoms with Crippen LogP contribution in [0, 0.1) is 11.7 Å². The predicted octanol–water partition coefficient (Wildman–Crippen LogP) is 3.22. The molecule has 0 aliphatic carbocycles. The Morgan fingerprint density at radius 1 is 0.889 bits per heavy atom. The highest BCUT2D eigenvalue weighted by Crippen LogP contribution is 2.16. The van der Waals surface area contributed by atoms with Crippen LogP contribution in [0.3, 0.4) is 0 Å². The molecule has 94 valence electrons. The van der Waals surface area contributed by atoms with E-state index in [4.69, 9.17) is 0 Å². The Labute approximate surface area is 107 Å². The number of hydrogen-bond acceptors (Lipinski definition) is 1. The Hall–Kier alpha value is -1.67. The first-order valence-electron chi connectivity index (χ1n) is 6.18. The summed E-state index contributed by atoms with van der Waals surface area (Å²) >= 11 is 0. The Kier molecular flexibility index (Phi) is 4.48. The van der Waals surface area contributed by atoms with E-state index in [2.05, 4.69) is 0 Å². The molecule has 2 heteroatoms. The molecule has 1 nitrogen and oxygen atoms in total. The molecule has 0 bridgehead atoms. The lowest BCUT2D eigenvalue weighted by atomic mass is 9.93. The minimum absolute atomic E-state index is 0.0595. The third kappa shape index (κ3) is 3.41. The molecule has 0 heterocycles. The third-order valence-electron chi connectivity index (χ3n) is 3.09. The van der Waals surface area contributed by atoms with Gasteiger partial charge in [-0.15, -0.1) is 0 Å². The van der Waals surface area contributed by atoms with Crippen molar-refractivity contribution >= 4 is 0 Å². The van der Waals surface area contributed by atoms with E-state index < -0.39 is 0 Å². The molecule has 0 spiro atoms. The van der Waals surface area contributed by atoms with Gasteiger partial charge in [0.15, 0.2) is 0 Å². The van der Waals surface area contributed by atoms with Gasteiger partial charge in [0.2, 0.25) is 0 Å². The van der Waals surface area contributed by atoms with Crippen molar-refractivity contribution in [2.45, 2.75) is 12.8 Å². The van der Waals surface area contributed by atoms with Gasteiger partial charge >= 0.3 is 0 Å². The van der Waals surface area contributed by atoms with Gasteiger partial charge in [0.05, 0.1) is 0 Å². The summed E-state index contributed by atoms with van der Waals surface area (Å²) in [5, 5.41) is 9.42. The Balaban J connectivity index is 2.04. The molecule has 0 aliphatic rings. The van der Waals surface area contributed by atoms with Crippen LogP contribution in [0.4, 0.5) is 4.39 Å². The largest absolute Gasteiger partial charge is 0.396 e. The molecule has 0 fully saturated rings. The van der Waals surface area contributed by atoms with Crippen LogP contribution in [0.15, 0.2) is 54.6 Å². The highest BCUT2D eigenvalue weighted by atomic mass is 19.1. The summed E-state index contributed by atoms with van der Waals surface area (Å²) < 4.78 is 13.5. The van der Waals surface area contributed by atoms with Gasteiger partial charge in [-0.1, -0.05) is 48.5 Å². The van der Waals surface area contributed by atoms with E-state index in [1.165, 1.54) is 11.6 Å². The monoisotopic (exact) mass is 244 g/mol. The molecule has 0 saturated carbocycles. The Bertz CT molecular complexity index is 481. The Morgan fingerprint density at radius 3 is 2.22 bits per heavy atom. The van der Waals surface area contributed by atoms with Crippen molar-refractivity contribution in [3.63, 3.8) is 0 Å². The second-order valence-corrected chi connectivity index (χ2v) is 4.53. The van der Waals surface area contributed by atoms with Crippen LogP contribution in [0.25, 0.3) is 0 Å². The van der Waals surface area contributed by atoms with Crippen LogP contribution >= 0.6 is 0 Å². The fourth-order valence-corrected chi connectivity index (χ4v) is 2.12. The SMILES string of the molecule is OCC(Cc1ccccc1)Cc1ccccc1F. The van der Waals surface area contributed by atoms with E-state index in [1.54, 1.807) is 12.1 Å². The molecule has 1 atom stereocenters. The van der Waals surface area contributed by atoms with E-state index in [0.29, 0.717) is 12.0 Å². The number of halogens is 1. The minimum Gasteiger partial charge on any atom is -0.396 e. The van der Waals surface area contributed by atoms with Gasteiger partial charge in [0.1, 0.15) is 5.82 Å². The molecule has 0 aromatic heterocycles. The van der Waals surface area contributed by atoms with Crippen LogP contribution in [0.5, 0.6) is 0 Å². The van der Waals surface area contributed by atoms with Gasteiger partial charge < -0.3 is 5.11 Å². The third-order valence-corrected chi connectivity index (χ3v) is 3.09. The summed E-state index contributed by atoms with van der Waals surface area (Å²) in [7, 11) is 0. The highest BCUT2D eigenvalue weighted by Gasteiger charge is 2.12. The quantitative estimate of drug-likeness (QED) is 0.856. The van der Waals surface area contributed by atoms with Gasteiger partial charge in [-0.05, 0) is 36.0 Å². The van der Waals surface area contributed by atoms with Crippen molar-refractivity contribution in [3.05, 3.63) is 71.5 Å². The zero-order chi connectivity index (χ0) is 12.8. The predicted molar refractivity (Wildman–Crippen MR) is 70.8 cm³/mol. The standard InChI is InChI=1S/C16H17FO/c17-16-9-5-4-8-15(16)11-14(12-18)10-13-6-2-1-3-7-13/h1-9,14,18H,10-12H2. The van der Waals surface area contributed by atoms with Crippen LogP contribution in [-0.4, -0.2) is 11.7 Å². The summed E-state index contributed by atoms with van der Waals surface area (Å²) in [6.07, 6.45) is 1.34. The summed E-state index contributed by atoms with van der Waals surface area (Å²) in [4.78, 5) is 0. The van der Waals surface area contributed by atoms with E-state index >= 15 is 0 Å². The van der Waals surface area contributed by atoms with Gasteiger partial charge in [-0.25, -0.2) is 4.39 Å². The summed E-state index contributed by atoms with van der Waals surface area (Å²) in [5.74, 6) is -0.131. The van der Waals surface area contributed by atoms with Crippen LogP contribution < -0.4 is 0 Å². The summed E-state index contributed by atoms with van der Waals surface area (Å²) in [5.41, 5.74) is 1.85. The first-order chi connectivity index (χ1) is 8.79. The van der Waals surface area contributed by atoms with Gasteiger partial charge in [0.25, 0.3) is 0 Å². The average Bonchev–Trinajstić information content (AvgIpc) is 2.41. The number of aliphatic hydroxyl groups is 1. The second-order valence-electron chi connectivity index (χ2n) is 4.53. The van der Waals surface area contributed by atoms with Crippen molar-refractivity contribution in [1.82, 2.24) is 0 Å². The highest BCUT2D eigenvalue weighted by molar-refractivity contribution is 5.20. The van der Waals surface area contributed by atoms with Gasteiger partial charge in [-0.2, -0.15) is 0 Å². The van der Waals surface area contributed by atoms with E-state index in [0.717, 1.165) is 6.42 Å². The van der Waals surface area contributed by atoms with Crippen molar-refractivity contribution < 1.29 is 9.50 Å². The first kappa shape index (κ1) is 12.8. The first-order valence-corrected chi connectivity index (χ1v) is 6.18. The van der Waals surface area contributed by atoms with E-state index in [1.807, 2.05) is 36.4 Å². The van der Waals surface area contributed by atoms with E-state index in [9.17, 15) is 9.50 Å². The average molecular weight is 244 g/mol. The van der Waals surface area contributed by atoms with Gasteiger partial charge in [0, 0.05) is 6.61 Å². The lowest BCUT2D eigenvalue weighted by molar-refractivity contribution is 0.224. The minimum atomic E-state index is -0.191. The summed E-state index contributed by atoms with van der Waals surface area (Å²) in [6, 6.07) is 16.7. The maximum absolute atomic E-state index is 13.5. The Morgan fingerprint density at radius 2 is 1.56 bits per heavy atom. The zero-order valence-electron chi connectivity index (χ0n) is 10.2. The molecule has 0 aliphatic heterocycles. The fourth-order valence-electron chi connectivity index (χ4n) is 2.12. The lowest BCUT2D eigenvalue weighted by Gasteiger charge is -2.14. The molecule has 2 aromatic carbocycles. The van der Waals surface area contributed by atoms with Crippen molar-refractivity contribution in [2.75, 3.05) is 6.61 Å².